The van der Waals surface area contributed by atoms with Crippen molar-refractivity contribution < 1.29 is 0 Å². The minimum atomic E-state index is 0.421. The predicted molar refractivity (Wildman–Crippen MR) is 86.2 cm³/mol. The lowest BCUT2D eigenvalue weighted by Crippen LogP contribution is -2.30. The standard InChI is InChI=1S/C16H37N3/c1-6-18-13-19-11-7-8-15(12-16(3,4)5)14(2)9-10-17/h14-15,18-19H,6-13,17H2,1-5H3. The maximum absolute atomic E-state index is 5.72. The van der Waals surface area contributed by atoms with Crippen molar-refractivity contribution in [1.82, 2.24) is 10.6 Å². The third kappa shape index (κ3) is 11.4. The van der Waals surface area contributed by atoms with E-state index in [-0.39, 0.29) is 0 Å². The van der Waals surface area contributed by atoms with Gasteiger partial charge in [-0.05, 0) is 62.6 Å². The highest BCUT2D eigenvalue weighted by atomic mass is 15.0. The van der Waals surface area contributed by atoms with Crippen LogP contribution in [0.3, 0.4) is 0 Å². The van der Waals surface area contributed by atoms with Gasteiger partial charge in [0.15, 0.2) is 0 Å². The molecular weight excluding hydrogens is 234 g/mol. The van der Waals surface area contributed by atoms with Crippen LogP contribution in [-0.2, 0) is 0 Å². The summed E-state index contributed by atoms with van der Waals surface area (Å²) in [4.78, 5) is 0. The van der Waals surface area contributed by atoms with Crippen molar-refractivity contribution >= 4 is 0 Å². The predicted octanol–water partition coefficient (Wildman–Crippen LogP) is 2.96. The molecule has 0 saturated heterocycles. The smallest absolute Gasteiger partial charge is 0.0454 e. The van der Waals surface area contributed by atoms with E-state index in [1.165, 1.54) is 19.3 Å². The summed E-state index contributed by atoms with van der Waals surface area (Å²) in [5.41, 5.74) is 6.14. The maximum Gasteiger partial charge on any atom is 0.0454 e. The van der Waals surface area contributed by atoms with Crippen LogP contribution in [0.2, 0.25) is 0 Å². The van der Waals surface area contributed by atoms with Gasteiger partial charge in [-0.3, -0.25) is 0 Å². The molecule has 0 aliphatic carbocycles. The van der Waals surface area contributed by atoms with E-state index >= 15 is 0 Å². The van der Waals surface area contributed by atoms with Gasteiger partial charge in [0.2, 0.25) is 0 Å². The second-order valence-electron chi connectivity index (χ2n) is 7.00. The zero-order valence-electron chi connectivity index (χ0n) is 13.9. The topological polar surface area (TPSA) is 50.1 Å². The largest absolute Gasteiger partial charge is 0.330 e. The molecule has 0 aliphatic rings. The Kier molecular flexibility index (Phi) is 10.6. The van der Waals surface area contributed by atoms with Crippen molar-refractivity contribution in [2.75, 3.05) is 26.3 Å². The molecule has 0 saturated carbocycles. The second-order valence-corrected chi connectivity index (χ2v) is 7.00. The van der Waals surface area contributed by atoms with E-state index in [1.807, 2.05) is 0 Å². The number of nitrogens with two attached hydrogens (primary N) is 1. The first-order valence-electron chi connectivity index (χ1n) is 8.02. The van der Waals surface area contributed by atoms with Gasteiger partial charge in [-0.1, -0.05) is 34.6 Å². The third-order valence-electron chi connectivity index (χ3n) is 3.73. The highest BCUT2D eigenvalue weighted by Gasteiger charge is 2.22. The molecule has 0 heterocycles. The van der Waals surface area contributed by atoms with E-state index < -0.39 is 0 Å². The lowest BCUT2D eigenvalue weighted by molar-refractivity contribution is 0.211. The maximum atomic E-state index is 5.72. The van der Waals surface area contributed by atoms with Gasteiger partial charge < -0.3 is 16.4 Å². The van der Waals surface area contributed by atoms with Gasteiger partial charge in [0, 0.05) is 6.67 Å². The Morgan fingerprint density at radius 3 is 2.32 bits per heavy atom. The Hall–Kier alpha value is -0.120. The van der Waals surface area contributed by atoms with E-state index in [2.05, 4.69) is 45.3 Å². The van der Waals surface area contributed by atoms with Gasteiger partial charge in [0.05, 0.1) is 0 Å². The first-order chi connectivity index (χ1) is 8.90. The Bertz CT molecular complexity index is 199. The van der Waals surface area contributed by atoms with E-state index in [0.717, 1.165) is 44.6 Å². The van der Waals surface area contributed by atoms with Gasteiger partial charge in [0.25, 0.3) is 0 Å². The third-order valence-corrected chi connectivity index (χ3v) is 3.73. The fourth-order valence-electron chi connectivity index (χ4n) is 2.66. The molecule has 3 nitrogen and oxygen atoms in total. The Labute approximate surface area is 121 Å². The normalized spacial score (nSPS) is 15.5. The molecule has 0 fully saturated rings. The highest BCUT2D eigenvalue weighted by Crippen LogP contribution is 2.33. The van der Waals surface area contributed by atoms with E-state index in [4.69, 9.17) is 5.73 Å². The molecule has 2 atom stereocenters. The van der Waals surface area contributed by atoms with Crippen LogP contribution in [0, 0.1) is 17.3 Å². The number of hydrogen-bond donors (Lipinski definition) is 3. The fraction of sp³-hybridized carbons (Fsp3) is 1.00. The van der Waals surface area contributed by atoms with Crippen molar-refractivity contribution in [3.05, 3.63) is 0 Å². The first-order valence-corrected chi connectivity index (χ1v) is 8.02. The minimum Gasteiger partial charge on any atom is -0.330 e. The molecule has 0 aromatic carbocycles. The van der Waals surface area contributed by atoms with Gasteiger partial charge in [-0.15, -0.1) is 0 Å². The van der Waals surface area contributed by atoms with Crippen LogP contribution in [0.4, 0.5) is 0 Å². The average molecular weight is 271 g/mol. The van der Waals surface area contributed by atoms with Gasteiger partial charge in [0.1, 0.15) is 0 Å². The molecule has 116 valence electrons. The fourth-order valence-corrected chi connectivity index (χ4v) is 2.66. The van der Waals surface area contributed by atoms with Crippen molar-refractivity contribution in [2.45, 2.75) is 60.3 Å². The summed E-state index contributed by atoms with van der Waals surface area (Å²) < 4.78 is 0. The van der Waals surface area contributed by atoms with Crippen LogP contribution in [0.15, 0.2) is 0 Å². The van der Waals surface area contributed by atoms with Crippen LogP contribution >= 0.6 is 0 Å². The van der Waals surface area contributed by atoms with E-state index in [1.54, 1.807) is 0 Å². The molecule has 0 radical (unpaired) electrons. The highest BCUT2D eigenvalue weighted by molar-refractivity contribution is 4.74. The number of rotatable bonds is 11. The molecule has 3 heteroatoms. The SMILES string of the molecule is CCNCNCCCC(CC(C)(C)C)C(C)CCN. The Morgan fingerprint density at radius 1 is 1.11 bits per heavy atom. The van der Waals surface area contributed by atoms with Crippen LogP contribution in [0.25, 0.3) is 0 Å². The van der Waals surface area contributed by atoms with Crippen molar-refractivity contribution in [3.8, 4) is 0 Å². The summed E-state index contributed by atoms with van der Waals surface area (Å²) in [6, 6.07) is 0. The molecule has 0 bridgehead atoms. The van der Waals surface area contributed by atoms with E-state index in [0.29, 0.717) is 5.41 Å². The molecule has 0 aromatic heterocycles. The molecule has 0 amide bonds. The average Bonchev–Trinajstić information content (AvgIpc) is 2.31. The molecule has 0 aromatic rings. The van der Waals surface area contributed by atoms with Crippen molar-refractivity contribution in [2.24, 2.45) is 23.0 Å². The van der Waals surface area contributed by atoms with Gasteiger partial charge in [-0.25, -0.2) is 0 Å². The summed E-state index contributed by atoms with van der Waals surface area (Å²) in [5, 5.41) is 6.73. The summed E-state index contributed by atoms with van der Waals surface area (Å²) in [6.07, 6.45) is 5.05. The first kappa shape index (κ1) is 18.9. The minimum absolute atomic E-state index is 0.421. The monoisotopic (exact) mass is 271 g/mol. The van der Waals surface area contributed by atoms with Crippen molar-refractivity contribution in [1.29, 1.82) is 0 Å². The molecular formula is C16H37N3. The Balaban J connectivity index is 3.98. The zero-order chi connectivity index (χ0) is 14.7. The summed E-state index contributed by atoms with van der Waals surface area (Å²) in [6.45, 7) is 15.4. The molecule has 4 N–H and O–H groups in total. The molecule has 0 rings (SSSR count). The lowest BCUT2D eigenvalue weighted by Gasteiger charge is -2.30. The van der Waals surface area contributed by atoms with Crippen LogP contribution < -0.4 is 16.4 Å². The van der Waals surface area contributed by atoms with E-state index in [9.17, 15) is 0 Å². The van der Waals surface area contributed by atoms with Crippen LogP contribution in [0.1, 0.15) is 60.3 Å². The van der Waals surface area contributed by atoms with Crippen LogP contribution in [0.5, 0.6) is 0 Å². The summed E-state index contributed by atoms with van der Waals surface area (Å²) >= 11 is 0. The van der Waals surface area contributed by atoms with Gasteiger partial charge in [-0.2, -0.15) is 0 Å². The summed E-state index contributed by atoms with van der Waals surface area (Å²) in [5.74, 6) is 1.56. The number of nitrogens with one attached hydrogen (secondary N) is 2. The quantitative estimate of drug-likeness (QED) is 0.400. The second kappa shape index (κ2) is 10.6. The Morgan fingerprint density at radius 2 is 1.79 bits per heavy atom. The molecule has 0 aliphatic heterocycles. The van der Waals surface area contributed by atoms with Gasteiger partial charge >= 0.3 is 0 Å². The molecule has 2 unspecified atom stereocenters. The van der Waals surface area contributed by atoms with Crippen molar-refractivity contribution in [3.63, 3.8) is 0 Å². The lowest BCUT2D eigenvalue weighted by atomic mass is 9.76. The zero-order valence-corrected chi connectivity index (χ0v) is 13.9. The molecule has 0 spiro atoms. The van der Waals surface area contributed by atoms with Crippen LogP contribution in [-0.4, -0.2) is 26.3 Å². The molecule has 19 heavy (non-hydrogen) atoms. The summed E-state index contributed by atoms with van der Waals surface area (Å²) in [7, 11) is 0. The number of hydrogen-bond acceptors (Lipinski definition) is 3.